The van der Waals surface area contributed by atoms with Gasteiger partial charge < -0.3 is 5.32 Å². The monoisotopic (exact) mass is 301 g/mol. The van der Waals surface area contributed by atoms with E-state index in [0.717, 1.165) is 0 Å². The molecule has 2 aromatic rings. The Bertz CT molecular complexity index is 655. The number of rotatable bonds is 3. The summed E-state index contributed by atoms with van der Waals surface area (Å²) in [5.74, 6) is -9.70. The summed E-state index contributed by atoms with van der Waals surface area (Å²) in [6, 6.07) is 5.44. The van der Waals surface area contributed by atoms with E-state index < -0.39 is 40.7 Å². The third kappa shape index (κ3) is 2.51. The molecule has 2 rings (SSSR count). The predicted molar refractivity (Wildman–Crippen MR) is 68.3 cm³/mol. The molecule has 1 nitrogen and oxygen atoms in total. The Hall–Kier alpha value is -1.95. The summed E-state index contributed by atoms with van der Waals surface area (Å²) < 4.78 is 67.5. The van der Waals surface area contributed by atoms with Gasteiger partial charge in [0.1, 0.15) is 0 Å². The van der Waals surface area contributed by atoms with Gasteiger partial charge in [-0.25, -0.2) is 22.0 Å². The first-order valence-corrected chi connectivity index (χ1v) is 6.14. The van der Waals surface area contributed by atoms with Crippen molar-refractivity contribution in [1.82, 2.24) is 5.32 Å². The Morgan fingerprint density at radius 3 is 1.76 bits per heavy atom. The largest absolute Gasteiger partial charge is 0.309 e. The second kappa shape index (κ2) is 5.81. The lowest BCUT2D eigenvalue weighted by Crippen LogP contribution is -2.23. The van der Waals surface area contributed by atoms with Crippen LogP contribution in [-0.4, -0.2) is 7.05 Å². The second-order valence-electron chi connectivity index (χ2n) is 4.56. The van der Waals surface area contributed by atoms with Gasteiger partial charge >= 0.3 is 0 Å². The van der Waals surface area contributed by atoms with Crippen LogP contribution in [0.5, 0.6) is 0 Å². The van der Waals surface area contributed by atoms with E-state index >= 15 is 0 Å². The number of nitrogens with one attached hydrogen (secondary N) is 1. The molecule has 0 heterocycles. The van der Waals surface area contributed by atoms with Gasteiger partial charge in [0, 0.05) is 0 Å². The first-order valence-electron chi connectivity index (χ1n) is 6.14. The highest BCUT2D eigenvalue weighted by Gasteiger charge is 2.30. The molecule has 6 heteroatoms. The fourth-order valence-corrected chi connectivity index (χ4v) is 2.24. The number of benzene rings is 2. The van der Waals surface area contributed by atoms with Gasteiger partial charge in [0.2, 0.25) is 5.82 Å². The SMILES string of the molecule is CNC(c1ccccc1C)c1c(F)c(F)c(F)c(F)c1F. The standard InChI is InChI=1S/C15H12F5N/c1-7-5-3-4-6-8(7)15(21-2)9-10(16)12(18)14(20)13(19)11(9)17/h3-6,15,21H,1-2H3. The molecule has 112 valence electrons. The fraction of sp³-hybridized carbons (Fsp3) is 0.200. The molecule has 0 saturated carbocycles. The van der Waals surface area contributed by atoms with Crippen molar-refractivity contribution < 1.29 is 22.0 Å². The van der Waals surface area contributed by atoms with E-state index in [1.807, 2.05) is 0 Å². The lowest BCUT2D eigenvalue weighted by atomic mass is 9.94. The van der Waals surface area contributed by atoms with Crippen molar-refractivity contribution in [3.63, 3.8) is 0 Å². The van der Waals surface area contributed by atoms with Crippen molar-refractivity contribution in [2.45, 2.75) is 13.0 Å². The third-order valence-electron chi connectivity index (χ3n) is 3.32. The summed E-state index contributed by atoms with van der Waals surface area (Å²) in [7, 11) is 1.38. The molecule has 21 heavy (non-hydrogen) atoms. The van der Waals surface area contributed by atoms with E-state index in [1.54, 1.807) is 31.2 Å². The van der Waals surface area contributed by atoms with Gasteiger partial charge in [-0.2, -0.15) is 0 Å². The number of hydrogen-bond donors (Lipinski definition) is 1. The maximum absolute atomic E-state index is 13.9. The summed E-state index contributed by atoms with van der Waals surface area (Å²) in [5.41, 5.74) is 0.215. The van der Waals surface area contributed by atoms with Crippen LogP contribution in [0.4, 0.5) is 22.0 Å². The van der Waals surface area contributed by atoms with Crippen molar-refractivity contribution in [3.8, 4) is 0 Å². The zero-order chi connectivity index (χ0) is 15.7. The second-order valence-corrected chi connectivity index (χ2v) is 4.56. The van der Waals surface area contributed by atoms with Gasteiger partial charge in [-0.1, -0.05) is 24.3 Å². The van der Waals surface area contributed by atoms with Crippen LogP contribution in [0.3, 0.4) is 0 Å². The highest BCUT2D eigenvalue weighted by Crippen LogP contribution is 2.32. The zero-order valence-corrected chi connectivity index (χ0v) is 11.3. The maximum atomic E-state index is 13.9. The van der Waals surface area contributed by atoms with E-state index in [9.17, 15) is 22.0 Å². The van der Waals surface area contributed by atoms with Crippen LogP contribution in [0.25, 0.3) is 0 Å². The molecule has 0 radical (unpaired) electrons. The van der Waals surface area contributed by atoms with Gasteiger partial charge in [-0.05, 0) is 25.1 Å². The quantitative estimate of drug-likeness (QED) is 0.513. The smallest absolute Gasteiger partial charge is 0.200 e. The first kappa shape index (κ1) is 15.4. The lowest BCUT2D eigenvalue weighted by Gasteiger charge is -2.21. The van der Waals surface area contributed by atoms with E-state index in [-0.39, 0.29) is 0 Å². The van der Waals surface area contributed by atoms with Gasteiger partial charge in [-0.3, -0.25) is 0 Å². The normalized spacial score (nSPS) is 12.5. The Balaban J connectivity index is 2.73. The Labute approximate surface area is 118 Å². The molecular weight excluding hydrogens is 289 g/mol. The van der Waals surface area contributed by atoms with Crippen LogP contribution < -0.4 is 5.32 Å². The highest BCUT2D eigenvalue weighted by atomic mass is 19.2. The topological polar surface area (TPSA) is 12.0 Å². The molecule has 0 amide bonds. The van der Waals surface area contributed by atoms with Gasteiger partial charge in [0.15, 0.2) is 23.3 Å². The molecule has 0 spiro atoms. The van der Waals surface area contributed by atoms with Crippen LogP contribution in [0, 0.1) is 36.0 Å². The minimum Gasteiger partial charge on any atom is -0.309 e. The lowest BCUT2D eigenvalue weighted by molar-refractivity contribution is 0.363. The van der Waals surface area contributed by atoms with Crippen LogP contribution in [0.2, 0.25) is 0 Å². The van der Waals surface area contributed by atoms with E-state index in [2.05, 4.69) is 5.32 Å². The molecule has 0 aliphatic rings. The molecule has 2 aromatic carbocycles. The number of aryl methyl sites for hydroxylation is 1. The average Bonchev–Trinajstić information content (AvgIpc) is 2.48. The molecule has 0 saturated heterocycles. The predicted octanol–water partition coefficient (Wildman–Crippen LogP) is 4.00. The molecular formula is C15H12F5N. The summed E-state index contributed by atoms with van der Waals surface area (Å²) in [6.07, 6.45) is 0. The van der Waals surface area contributed by atoms with Crippen LogP contribution in [-0.2, 0) is 0 Å². The van der Waals surface area contributed by atoms with Crippen molar-refractivity contribution in [2.75, 3.05) is 7.05 Å². The van der Waals surface area contributed by atoms with Gasteiger partial charge in [-0.15, -0.1) is 0 Å². The van der Waals surface area contributed by atoms with Crippen molar-refractivity contribution in [1.29, 1.82) is 0 Å². The molecule has 0 fully saturated rings. The molecule has 1 unspecified atom stereocenters. The van der Waals surface area contributed by atoms with Crippen molar-refractivity contribution in [2.24, 2.45) is 0 Å². The molecule has 0 aromatic heterocycles. The summed E-state index contributed by atoms with van der Waals surface area (Å²) in [6.45, 7) is 1.69. The molecule has 1 atom stereocenters. The summed E-state index contributed by atoms with van der Waals surface area (Å²) in [5, 5.41) is 2.60. The number of hydrogen-bond acceptors (Lipinski definition) is 1. The van der Waals surface area contributed by atoms with E-state index in [0.29, 0.717) is 11.1 Å². The van der Waals surface area contributed by atoms with Crippen LogP contribution in [0.15, 0.2) is 24.3 Å². The molecule has 0 aliphatic heterocycles. The van der Waals surface area contributed by atoms with Gasteiger partial charge in [0.25, 0.3) is 0 Å². The van der Waals surface area contributed by atoms with Crippen molar-refractivity contribution in [3.05, 3.63) is 70.0 Å². The summed E-state index contributed by atoms with van der Waals surface area (Å²) >= 11 is 0. The van der Waals surface area contributed by atoms with Crippen LogP contribution >= 0.6 is 0 Å². The maximum Gasteiger partial charge on any atom is 0.200 e. The zero-order valence-electron chi connectivity index (χ0n) is 11.3. The minimum absolute atomic E-state index is 0.434. The fourth-order valence-electron chi connectivity index (χ4n) is 2.24. The molecule has 1 N–H and O–H groups in total. The number of halogens is 5. The highest BCUT2D eigenvalue weighted by molar-refractivity contribution is 5.39. The van der Waals surface area contributed by atoms with Crippen molar-refractivity contribution >= 4 is 0 Å². The average molecular weight is 301 g/mol. The summed E-state index contributed by atoms with van der Waals surface area (Å²) in [4.78, 5) is 0. The Morgan fingerprint density at radius 1 is 0.810 bits per heavy atom. The Morgan fingerprint density at radius 2 is 1.29 bits per heavy atom. The molecule has 0 bridgehead atoms. The third-order valence-corrected chi connectivity index (χ3v) is 3.32. The Kier molecular flexibility index (Phi) is 4.27. The van der Waals surface area contributed by atoms with E-state index in [1.165, 1.54) is 7.05 Å². The minimum atomic E-state index is -2.16. The first-order chi connectivity index (χ1) is 9.90. The van der Waals surface area contributed by atoms with Crippen LogP contribution in [0.1, 0.15) is 22.7 Å². The van der Waals surface area contributed by atoms with Gasteiger partial charge in [0.05, 0.1) is 11.6 Å². The molecule has 0 aliphatic carbocycles. The van der Waals surface area contributed by atoms with E-state index in [4.69, 9.17) is 0 Å².